The Labute approximate surface area is 492 Å². The normalized spacial score (nSPS) is 10.1. The molecular weight excluding hydrogens is 1100 g/mol. The number of carboxylic acids is 1. The zero-order valence-corrected chi connectivity index (χ0v) is 50.0. The number of aliphatic carboxylic acids is 1. The van der Waals surface area contributed by atoms with E-state index in [0.717, 1.165) is 36.2 Å². The molecule has 3 aromatic rings. The van der Waals surface area contributed by atoms with E-state index >= 15 is 0 Å². The van der Waals surface area contributed by atoms with Crippen molar-refractivity contribution < 1.29 is 76.8 Å². The largest absolute Gasteiger partial charge is 0.480 e. The number of nitrogens with two attached hydrogens (primary N) is 1. The highest BCUT2D eigenvalue weighted by molar-refractivity contribution is 7.59. The number of esters is 2. The van der Waals surface area contributed by atoms with E-state index in [1.54, 1.807) is 73.5 Å². The Balaban J connectivity index is -0.000000210. The average Bonchev–Trinajstić information content (AvgIpc) is 4.28. The second-order valence-corrected chi connectivity index (χ2v) is 14.2. The van der Waals surface area contributed by atoms with Crippen LogP contribution >= 0.6 is 40.5 Å². The topological polar surface area (TPSA) is 337 Å². The number of nitrogens with zero attached hydrogens (tertiary/aromatic N) is 3. The lowest BCUT2D eigenvalue weighted by molar-refractivity contribution is -0.144. The first kappa shape index (κ1) is 85.4. The third-order valence-electron chi connectivity index (χ3n) is 8.35. The second kappa shape index (κ2) is 69.2. The number of H-pyrrole nitrogens is 3. The number of imidazole rings is 3. The molecule has 80 heavy (non-hydrogen) atoms. The Kier molecular flexibility index (Phi) is 73.8. The van der Waals surface area contributed by atoms with Crippen LogP contribution in [0.4, 0.5) is 0 Å². The molecule has 0 amide bonds. The number of aliphatic hydroxyl groups is 1. The zero-order valence-electron chi connectivity index (χ0n) is 47.0. The van der Waals surface area contributed by atoms with E-state index in [-0.39, 0.29) is 73.1 Å². The molecular formula is C52H85N9O16S3. The molecule has 0 unspecified atom stereocenters. The minimum absolute atomic E-state index is 0. The summed E-state index contributed by atoms with van der Waals surface area (Å²) < 4.78 is 48.5. The summed E-state index contributed by atoms with van der Waals surface area (Å²) in [5, 5.41) is 23.1. The summed E-state index contributed by atoms with van der Waals surface area (Å²) in [4.78, 5) is 63.3. The van der Waals surface area contributed by atoms with E-state index in [0.29, 0.717) is 78.7 Å². The molecule has 28 heteroatoms. The number of nitrogens with one attached hydrogen (secondary N) is 5. The van der Waals surface area contributed by atoms with Gasteiger partial charge >= 0.3 is 17.9 Å². The molecule has 0 saturated carbocycles. The Bertz CT molecular complexity index is 2130. The molecule has 0 aliphatic carbocycles. The third kappa shape index (κ3) is 59.7. The highest BCUT2D eigenvalue weighted by Gasteiger charge is 2.20. The summed E-state index contributed by atoms with van der Waals surface area (Å²) in [5.41, 5.74) is 7.96. The maximum Gasteiger partial charge on any atom is 0.323 e. The molecule has 3 heterocycles. The minimum Gasteiger partial charge on any atom is -0.480 e. The standard InChI is InChI=1S/C12H21N3O4.C12H6.C11H19N3O4.C7H11N3O2.C5H12O3.C5H10O3.3H2S/c1-17-4-3-5-19-9-15-11(12(16)18-2)6-10-7-13-8-14-10;1-3-5-7-9-11-12-10-8-6-4-2;1-17-3-2-4-18-8-14-10(11(15)16)5-9-6-12-7-13-9;1-12-7(11)6(8)2-5-3-9-4-10-5;2*1-7-4-5-8-3-2-6;;;/h7-8,11,15H,3-6,9H2,1-2H3,(H,13,14);1-2H3;6-7,10,14H,2-5,8H2,1H3,(H,12,13)(H,15,16);3-4,6H,2,8H2,1H3,(H,9,10);6H,2-5H2,1H3;2H,3-5H2,1H3;3*1H2/t11-;;10-;6-;;;;;/m0.00...../s1. The molecule has 0 aliphatic heterocycles. The Morgan fingerprint density at radius 3 is 1.32 bits per heavy atom. The summed E-state index contributed by atoms with van der Waals surface area (Å²) in [5.74, 6) is 23.9. The summed E-state index contributed by atoms with van der Waals surface area (Å²) in [6.07, 6.45) is 13.1. The van der Waals surface area contributed by atoms with E-state index in [1.807, 2.05) is 0 Å². The van der Waals surface area contributed by atoms with Crippen molar-refractivity contribution in [3.63, 3.8) is 0 Å². The minimum atomic E-state index is -0.912. The van der Waals surface area contributed by atoms with E-state index in [4.69, 9.17) is 49.1 Å². The molecule has 0 aliphatic rings. The van der Waals surface area contributed by atoms with Crippen LogP contribution in [-0.4, -0.2) is 211 Å². The van der Waals surface area contributed by atoms with Gasteiger partial charge in [0.15, 0.2) is 0 Å². The van der Waals surface area contributed by atoms with Crippen molar-refractivity contribution >= 4 is 64.7 Å². The van der Waals surface area contributed by atoms with Gasteiger partial charge in [0, 0.05) is 96.6 Å². The predicted octanol–water partition coefficient (Wildman–Crippen LogP) is 0.424. The number of aromatic nitrogens is 6. The number of carboxylic acid groups (broad SMARTS) is 1. The fraction of sp³-hybridized carbons (Fsp3) is 0.558. The van der Waals surface area contributed by atoms with E-state index in [1.165, 1.54) is 20.5 Å². The average molecular weight is 1190 g/mol. The Morgan fingerprint density at radius 2 is 0.963 bits per heavy atom. The van der Waals surface area contributed by atoms with Crippen molar-refractivity contribution in [3.8, 4) is 59.2 Å². The van der Waals surface area contributed by atoms with Crippen molar-refractivity contribution in [2.24, 2.45) is 5.73 Å². The van der Waals surface area contributed by atoms with Gasteiger partial charge in [0.05, 0.1) is 99.5 Å². The van der Waals surface area contributed by atoms with Crippen LogP contribution in [0.15, 0.2) is 37.6 Å². The molecule has 3 rings (SSSR count). The molecule has 0 aromatic carbocycles. The Morgan fingerprint density at radius 1 is 0.562 bits per heavy atom. The second-order valence-electron chi connectivity index (χ2n) is 14.2. The molecule has 25 nitrogen and oxygen atoms in total. The van der Waals surface area contributed by atoms with Crippen LogP contribution in [0.3, 0.4) is 0 Å². The van der Waals surface area contributed by atoms with Gasteiger partial charge in [0.1, 0.15) is 31.0 Å². The number of aromatic amines is 3. The summed E-state index contributed by atoms with van der Waals surface area (Å²) in [6.45, 7) is 9.22. The van der Waals surface area contributed by atoms with Crippen molar-refractivity contribution in [2.45, 2.75) is 64.1 Å². The number of hydrogen-bond acceptors (Lipinski definition) is 21. The first-order valence-electron chi connectivity index (χ1n) is 23.7. The molecule has 452 valence electrons. The lowest BCUT2D eigenvalue weighted by atomic mass is 10.2. The van der Waals surface area contributed by atoms with Gasteiger partial charge in [-0.1, -0.05) is 11.8 Å². The molecule has 0 saturated heterocycles. The van der Waals surface area contributed by atoms with E-state index < -0.39 is 30.1 Å². The number of aldehydes is 1. The van der Waals surface area contributed by atoms with Gasteiger partial charge in [-0.2, -0.15) is 40.5 Å². The van der Waals surface area contributed by atoms with Crippen LogP contribution in [0.5, 0.6) is 0 Å². The van der Waals surface area contributed by atoms with Crippen molar-refractivity contribution in [2.75, 3.05) is 129 Å². The van der Waals surface area contributed by atoms with Crippen molar-refractivity contribution in [1.29, 1.82) is 0 Å². The molecule has 3 atom stereocenters. The number of aliphatic hydroxyl groups excluding tert-OH is 1. The van der Waals surface area contributed by atoms with Gasteiger partial charge in [-0.25, -0.2) is 15.0 Å². The lowest BCUT2D eigenvalue weighted by Gasteiger charge is -2.15. The zero-order chi connectivity index (χ0) is 57.7. The quantitative estimate of drug-likeness (QED) is 0.0135. The number of methoxy groups -OCH3 is 6. The van der Waals surface area contributed by atoms with Crippen LogP contribution in [0, 0.1) is 59.2 Å². The van der Waals surface area contributed by atoms with Crippen molar-refractivity contribution in [1.82, 2.24) is 40.5 Å². The van der Waals surface area contributed by atoms with Gasteiger partial charge in [-0.3, -0.25) is 25.0 Å². The van der Waals surface area contributed by atoms with Crippen LogP contribution in [-0.2, 0) is 85.8 Å². The first-order valence-corrected chi connectivity index (χ1v) is 23.7. The third-order valence-corrected chi connectivity index (χ3v) is 8.35. The maximum absolute atomic E-state index is 11.6. The van der Waals surface area contributed by atoms with E-state index in [2.05, 4.69) is 114 Å². The Hall–Kier alpha value is -5.92. The van der Waals surface area contributed by atoms with Crippen LogP contribution in [0.25, 0.3) is 0 Å². The van der Waals surface area contributed by atoms with Crippen LogP contribution in [0.2, 0.25) is 0 Å². The lowest BCUT2D eigenvalue weighted by Crippen LogP contribution is -2.40. The van der Waals surface area contributed by atoms with Gasteiger partial charge < -0.3 is 83.1 Å². The number of ether oxygens (including phenoxy) is 10. The number of carbonyl (C=O) groups excluding carboxylic acids is 3. The predicted molar refractivity (Wildman–Crippen MR) is 315 cm³/mol. The van der Waals surface area contributed by atoms with Crippen LogP contribution in [0.1, 0.15) is 43.8 Å². The molecule has 3 aromatic heterocycles. The summed E-state index contributed by atoms with van der Waals surface area (Å²) in [6, 6.07) is -1.75. The summed E-state index contributed by atoms with van der Waals surface area (Å²) >= 11 is 0. The van der Waals surface area contributed by atoms with Gasteiger partial charge in [-0.05, 0) is 74.1 Å². The molecule has 0 spiro atoms. The monoisotopic (exact) mass is 1190 g/mol. The number of carbonyl (C=O) groups is 4. The van der Waals surface area contributed by atoms with Gasteiger partial charge in [-0.15, -0.1) is 0 Å². The number of hydrogen-bond donors (Lipinski definition) is 8. The molecule has 0 bridgehead atoms. The SMILES string of the molecule is CC#CC#CC#CC#CC#CC.COC(=O)[C@@H](N)Cc1cnc[nH]1.COCCCOCN[C@@H](Cc1cnc[nH]1)C(=O)O.COCCCOCN[C@@H](Cc1cnc[nH]1)C(=O)OC.COCCOCC=O.COCCOCCO.S.S.S. The highest BCUT2D eigenvalue weighted by Crippen LogP contribution is 2.01. The van der Waals surface area contributed by atoms with Crippen molar-refractivity contribution in [3.05, 3.63) is 54.7 Å². The van der Waals surface area contributed by atoms with Gasteiger partial charge in [0.25, 0.3) is 0 Å². The number of rotatable bonds is 33. The fourth-order valence-electron chi connectivity index (χ4n) is 4.70. The van der Waals surface area contributed by atoms with E-state index in [9.17, 15) is 19.2 Å². The first-order chi connectivity index (χ1) is 37.5. The van der Waals surface area contributed by atoms with Gasteiger partial charge in [0.2, 0.25) is 0 Å². The molecule has 9 N–H and O–H groups in total. The molecule has 0 fully saturated rings. The smallest absolute Gasteiger partial charge is 0.323 e. The fourth-order valence-corrected chi connectivity index (χ4v) is 4.70. The highest BCUT2D eigenvalue weighted by atomic mass is 32.1. The molecule has 0 radical (unpaired) electrons. The maximum atomic E-state index is 11.6. The van der Waals surface area contributed by atoms with Crippen LogP contribution < -0.4 is 16.4 Å². The summed E-state index contributed by atoms with van der Waals surface area (Å²) in [7, 11) is 9.16.